The third-order valence-electron chi connectivity index (χ3n) is 5.91. The third kappa shape index (κ3) is 6.55. The Morgan fingerprint density at radius 1 is 0.892 bits per heavy atom. The number of carbonyl (C=O) groups excluding carboxylic acids is 2. The molecule has 0 aliphatic heterocycles. The molecule has 37 heavy (non-hydrogen) atoms. The zero-order valence-corrected chi connectivity index (χ0v) is 20.7. The number of carbonyl (C=O) groups is 3. The molecule has 0 aliphatic rings. The minimum atomic E-state index is -0.972. The number of benzene rings is 3. The Kier molecular flexibility index (Phi) is 7.88. The number of furan rings is 1. The average molecular weight is 500 g/mol. The zero-order chi connectivity index (χ0) is 26.4. The molecule has 1 atom stereocenters. The summed E-state index contributed by atoms with van der Waals surface area (Å²) in [5, 5.41) is 18.5. The summed E-state index contributed by atoms with van der Waals surface area (Å²) in [5.41, 5.74) is 3.51. The fourth-order valence-corrected chi connectivity index (χ4v) is 3.88. The quantitative estimate of drug-likeness (QED) is 0.233. The predicted octanol–water partition coefficient (Wildman–Crippen LogP) is 5.38. The topological polar surface area (TPSA) is 121 Å². The van der Waals surface area contributed by atoms with Crippen LogP contribution in [0.5, 0.6) is 0 Å². The number of carboxylic acid groups (broad SMARTS) is 1. The van der Waals surface area contributed by atoms with Crippen molar-refractivity contribution in [1.29, 1.82) is 0 Å². The smallest absolute Gasteiger partial charge is 0.305 e. The summed E-state index contributed by atoms with van der Waals surface area (Å²) in [6, 6.07) is 23.5. The molecular formula is C29H29N3O5. The second kappa shape index (κ2) is 11.4. The second-order valence-electron chi connectivity index (χ2n) is 9.06. The van der Waals surface area contributed by atoms with Gasteiger partial charge in [-0.15, -0.1) is 0 Å². The monoisotopic (exact) mass is 499 g/mol. The van der Waals surface area contributed by atoms with E-state index < -0.39 is 12.0 Å². The van der Waals surface area contributed by atoms with Crippen LogP contribution in [0.2, 0.25) is 0 Å². The first kappa shape index (κ1) is 25.5. The highest BCUT2D eigenvalue weighted by Gasteiger charge is 2.22. The van der Waals surface area contributed by atoms with Crippen LogP contribution in [0.4, 0.5) is 11.4 Å². The van der Waals surface area contributed by atoms with Gasteiger partial charge in [-0.05, 0) is 66.6 Å². The maximum absolute atomic E-state index is 13.1. The highest BCUT2D eigenvalue weighted by atomic mass is 16.4. The Morgan fingerprint density at radius 3 is 2.22 bits per heavy atom. The fourth-order valence-electron chi connectivity index (χ4n) is 3.88. The molecule has 0 saturated heterocycles. The van der Waals surface area contributed by atoms with E-state index in [1.807, 2.05) is 68.4 Å². The van der Waals surface area contributed by atoms with Gasteiger partial charge >= 0.3 is 5.97 Å². The molecule has 190 valence electrons. The standard InChI is InChI=1S/C29H29N3O5/c1-18(2)27(31-22-13-9-20(10-14-22)28(35)30-16-15-26(33)34)29(36)32-23-11-7-19(8-12-23)25-17-21-5-3-4-6-24(21)37-25/h3-14,17-18,27,31H,15-16H2,1-2H3,(H,30,35)(H,32,36)(H,33,34)/t27-/m0/s1. The molecule has 0 radical (unpaired) electrons. The number of nitrogens with one attached hydrogen (secondary N) is 3. The third-order valence-corrected chi connectivity index (χ3v) is 5.91. The van der Waals surface area contributed by atoms with Crippen molar-refractivity contribution in [1.82, 2.24) is 5.32 Å². The largest absolute Gasteiger partial charge is 0.481 e. The van der Waals surface area contributed by atoms with Gasteiger partial charge < -0.3 is 25.5 Å². The number of para-hydroxylation sites is 1. The maximum atomic E-state index is 13.1. The summed E-state index contributed by atoms with van der Waals surface area (Å²) < 4.78 is 5.92. The summed E-state index contributed by atoms with van der Waals surface area (Å²) in [6.45, 7) is 3.96. The van der Waals surface area contributed by atoms with Gasteiger partial charge in [-0.3, -0.25) is 14.4 Å². The molecule has 3 aromatic carbocycles. The molecule has 4 N–H and O–H groups in total. The van der Waals surface area contributed by atoms with Crippen molar-refractivity contribution in [2.24, 2.45) is 5.92 Å². The summed E-state index contributed by atoms with van der Waals surface area (Å²) in [5.74, 6) is -0.743. The lowest BCUT2D eigenvalue weighted by Crippen LogP contribution is -2.38. The van der Waals surface area contributed by atoms with Crippen molar-refractivity contribution in [2.75, 3.05) is 17.2 Å². The van der Waals surface area contributed by atoms with Crippen LogP contribution in [0.25, 0.3) is 22.3 Å². The second-order valence-corrected chi connectivity index (χ2v) is 9.06. The van der Waals surface area contributed by atoms with Gasteiger partial charge in [0.25, 0.3) is 5.91 Å². The molecule has 1 aromatic heterocycles. The first-order chi connectivity index (χ1) is 17.8. The minimum Gasteiger partial charge on any atom is -0.481 e. The SMILES string of the molecule is CC(C)[C@H](Nc1ccc(C(=O)NCCC(=O)O)cc1)C(=O)Nc1ccc(-c2cc3ccccc3o2)cc1. The minimum absolute atomic E-state index is 0.00573. The summed E-state index contributed by atoms with van der Waals surface area (Å²) in [4.78, 5) is 35.8. The van der Waals surface area contributed by atoms with Gasteiger partial charge in [-0.1, -0.05) is 32.0 Å². The van der Waals surface area contributed by atoms with E-state index in [4.69, 9.17) is 9.52 Å². The average Bonchev–Trinajstić information content (AvgIpc) is 3.32. The number of aliphatic carboxylic acids is 1. The molecule has 1 heterocycles. The van der Waals surface area contributed by atoms with E-state index in [1.165, 1.54) is 0 Å². The lowest BCUT2D eigenvalue weighted by atomic mass is 10.0. The van der Waals surface area contributed by atoms with Gasteiger partial charge in [0.1, 0.15) is 17.4 Å². The van der Waals surface area contributed by atoms with Gasteiger partial charge in [0.05, 0.1) is 6.42 Å². The Hall–Kier alpha value is -4.59. The number of rotatable bonds is 10. The van der Waals surface area contributed by atoms with Crippen LogP contribution >= 0.6 is 0 Å². The van der Waals surface area contributed by atoms with Crippen molar-refractivity contribution in [2.45, 2.75) is 26.3 Å². The van der Waals surface area contributed by atoms with Crippen LogP contribution in [-0.4, -0.2) is 35.5 Å². The van der Waals surface area contributed by atoms with Crippen LogP contribution in [-0.2, 0) is 9.59 Å². The number of amides is 2. The fraction of sp³-hybridized carbons (Fsp3) is 0.207. The van der Waals surface area contributed by atoms with Gasteiger partial charge in [-0.25, -0.2) is 0 Å². The van der Waals surface area contributed by atoms with Gasteiger partial charge in [0.2, 0.25) is 5.91 Å². The molecule has 0 fully saturated rings. The Bertz CT molecular complexity index is 1360. The number of carboxylic acids is 1. The summed E-state index contributed by atoms with van der Waals surface area (Å²) in [6.07, 6.45) is -0.140. The van der Waals surface area contributed by atoms with Gasteiger partial charge in [-0.2, -0.15) is 0 Å². The maximum Gasteiger partial charge on any atom is 0.305 e. The van der Waals surface area contributed by atoms with E-state index >= 15 is 0 Å². The molecule has 4 rings (SSSR count). The number of hydrogen-bond acceptors (Lipinski definition) is 5. The molecule has 0 bridgehead atoms. The first-order valence-electron chi connectivity index (χ1n) is 12.1. The molecular weight excluding hydrogens is 470 g/mol. The van der Waals surface area contributed by atoms with Crippen LogP contribution in [0.3, 0.4) is 0 Å². The highest BCUT2D eigenvalue weighted by molar-refractivity contribution is 5.97. The molecule has 4 aromatic rings. The van der Waals surface area contributed by atoms with E-state index in [-0.39, 0.29) is 30.7 Å². The van der Waals surface area contributed by atoms with E-state index in [0.29, 0.717) is 16.9 Å². The predicted molar refractivity (Wildman–Crippen MR) is 144 cm³/mol. The zero-order valence-electron chi connectivity index (χ0n) is 20.7. The Balaban J connectivity index is 1.37. The van der Waals surface area contributed by atoms with Crippen molar-refractivity contribution in [3.63, 3.8) is 0 Å². The van der Waals surface area contributed by atoms with Crippen molar-refractivity contribution in [3.05, 3.63) is 84.4 Å². The molecule has 8 heteroatoms. The first-order valence-corrected chi connectivity index (χ1v) is 12.1. The Morgan fingerprint density at radius 2 is 1.57 bits per heavy atom. The van der Waals surface area contributed by atoms with E-state index in [2.05, 4.69) is 16.0 Å². The molecule has 0 saturated carbocycles. The molecule has 0 unspecified atom stereocenters. The molecule has 0 aliphatic carbocycles. The lowest BCUT2D eigenvalue weighted by Gasteiger charge is -2.23. The van der Waals surface area contributed by atoms with E-state index in [1.54, 1.807) is 24.3 Å². The van der Waals surface area contributed by atoms with Crippen molar-refractivity contribution in [3.8, 4) is 11.3 Å². The summed E-state index contributed by atoms with van der Waals surface area (Å²) >= 11 is 0. The van der Waals surface area contributed by atoms with Crippen LogP contribution in [0.15, 0.2) is 83.3 Å². The summed E-state index contributed by atoms with van der Waals surface area (Å²) in [7, 11) is 0. The lowest BCUT2D eigenvalue weighted by molar-refractivity contribution is -0.136. The van der Waals surface area contributed by atoms with Gasteiger partial charge in [0, 0.05) is 34.4 Å². The van der Waals surface area contributed by atoms with Crippen LogP contribution in [0.1, 0.15) is 30.6 Å². The highest BCUT2D eigenvalue weighted by Crippen LogP contribution is 2.28. The van der Waals surface area contributed by atoms with E-state index in [9.17, 15) is 14.4 Å². The van der Waals surface area contributed by atoms with Crippen molar-refractivity contribution >= 4 is 40.1 Å². The molecule has 8 nitrogen and oxygen atoms in total. The number of fused-ring (bicyclic) bond motifs is 1. The Labute approximate surface area is 214 Å². The normalized spacial score (nSPS) is 11.8. The number of hydrogen-bond donors (Lipinski definition) is 4. The van der Waals surface area contributed by atoms with Gasteiger partial charge in [0.15, 0.2) is 0 Å². The van der Waals surface area contributed by atoms with E-state index in [0.717, 1.165) is 22.3 Å². The van der Waals surface area contributed by atoms with Crippen LogP contribution in [0, 0.1) is 5.92 Å². The molecule has 2 amide bonds. The van der Waals surface area contributed by atoms with Crippen molar-refractivity contribution < 1.29 is 23.9 Å². The van der Waals surface area contributed by atoms with Crippen LogP contribution < -0.4 is 16.0 Å². The number of anilines is 2. The molecule has 0 spiro atoms.